The molecule has 2 amide bonds. The molecule has 0 radical (unpaired) electrons. The smallest absolute Gasteiger partial charge is 0.306 e. The van der Waals surface area contributed by atoms with Crippen LogP contribution in [0.1, 0.15) is 12.8 Å². The Morgan fingerprint density at radius 3 is 2.81 bits per heavy atom. The number of amides is 2. The summed E-state index contributed by atoms with van der Waals surface area (Å²) in [7, 11) is 1.27. The first-order valence-electron chi connectivity index (χ1n) is 4.56. The average Bonchev–Trinajstić information content (AvgIpc) is 2.29. The Morgan fingerprint density at radius 1 is 1.56 bits per heavy atom. The van der Waals surface area contributed by atoms with E-state index in [4.69, 9.17) is 0 Å². The monoisotopic (exact) mass is 290 g/mol. The van der Waals surface area contributed by atoms with Crippen LogP contribution in [0.15, 0.2) is 10.7 Å². The van der Waals surface area contributed by atoms with Gasteiger partial charge >= 0.3 is 5.97 Å². The van der Waals surface area contributed by atoms with E-state index in [0.717, 1.165) is 0 Å². The van der Waals surface area contributed by atoms with Crippen LogP contribution in [0.5, 0.6) is 0 Å². The lowest BCUT2D eigenvalue weighted by atomic mass is 10.3. The van der Waals surface area contributed by atoms with Crippen LogP contribution in [0, 0.1) is 0 Å². The van der Waals surface area contributed by atoms with Gasteiger partial charge in [0.15, 0.2) is 0 Å². The predicted molar refractivity (Wildman–Crippen MR) is 58.1 cm³/mol. The van der Waals surface area contributed by atoms with Gasteiger partial charge in [-0.2, -0.15) is 0 Å². The van der Waals surface area contributed by atoms with Gasteiger partial charge in [0, 0.05) is 12.6 Å². The van der Waals surface area contributed by atoms with Gasteiger partial charge in [0.1, 0.15) is 0 Å². The standard InChI is InChI=1S/C9H11BrN2O4/c1-16-8(14)3-2-7(13)12-4-6(10)9(15)11-5-12/h4H,2-3,5H2,1H3,(H,11,15). The molecule has 0 unspecified atom stereocenters. The number of nitrogens with one attached hydrogen (secondary N) is 1. The lowest BCUT2D eigenvalue weighted by Crippen LogP contribution is -2.42. The molecule has 6 nitrogen and oxygen atoms in total. The number of hydrogen-bond donors (Lipinski definition) is 1. The number of halogens is 1. The van der Waals surface area contributed by atoms with Crippen LogP contribution in [-0.4, -0.2) is 36.5 Å². The zero-order valence-electron chi connectivity index (χ0n) is 8.66. The Bertz CT molecular complexity index is 353. The molecular weight excluding hydrogens is 280 g/mol. The Balaban J connectivity index is 2.49. The maximum absolute atomic E-state index is 11.6. The van der Waals surface area contributed by atoms with Crippen molar-refractivity contribution in [1.29, 1.82) is 0 Å². The molecule has 0 aromatic heterocycles. The molecule has 1 aliphatic rings. The van der Waals surface area contributed by atoms with Gasteiger partial charge in [-0.1, -0.05) is 0 Å². The summed E-state index contributed by atoms with van der Waals surface area (Å²) in [6.07, 6.45) is 1.49. The number of carbonyl (C=O) groups is 3. The molecule has 1 heterocycles. The molecule has 0 atom stereocenters. The Hall–Kier alpha value is -1.37. The molecule has 0 saturated heterocycles. The Labute approximate surface area is 101 Å². The molecule has 7 heteroatoms. The van der Waals surface area contributed by atoms with Crippen molar-refractivity contribution < 1.29 is 19.1 Å². The minimum atomic E-state index is -0.433. The van der Waals surface area contributed by atoms with E-state index < -0.39 is 5.97 Å². The number of ether oxygens (including phenoxy) is 1. The molecule has 88 valence electrons. The van der Waals surface area contributed by atoms with Crippen molar-refractivity contribution in [3.05, 3.63) is 10.7 Å². The minimum Gasteiger partial charge on any atom is -0.469 e. The van der Waals surface area contributed by atoms with Gasteiger partial charge < -0.3 is 10.1 Å². The van der Waals surface area contributed by atoms with Crippen LogP contribution < -0.4 is 5.32 Å². The molecule has 1 aliphatic heterocycles. The van der Waals surface area contributed by atoms with Crippen molar-refractivity contribution in [3.63, 3.8) is 0 Å². The molecule has 0 aromatic carbocycles. The Kier molecular flexibility index (Phi) is 4.48. The molecule has 0 bridgehead atoms. The number of rotatable bonds is 3. The summed E-state index contributed by atoms with van der Waals surface area (Å²) in [4.78, 5) is 34.8. The van der Waals surface area contributed by atoms with E-state index >= 15 is 0 Å². The second kappa shape index (κ2) is 5.64. The molecule has 0 aliphatic carbocycles. The highest BCUT2D eigenvalue weighted by Gasteiger charge is 2.20. The maximum atomic E-state index is 11.6. The lowest BCUT2D eigenvalue weighted by molar-refractivity contribution is -0.143. The number of hydrogen-bond acceptors (Lipinski definition) is 4. The number of carbonyl (C=O) groups excluding carboxylic acids is 3. The van der Waals surface area contributed by atoms with Crippen LogP contribution in [0.2, 0.25) is 0 Å². The van der Waals surface area contributed by atoms with Gasteiger partial charge in [0.05, 0.1) is 24.7 Å². The van der Waals surface area contributed by atoms with E-state index in [2.05, 4.69) is 26.0 Å². The van der Waals surface area contributed by atoms with Crippen LogP contribution in [0.25, 0.3) is 0 Å². The normalized spacial score (nSPS) is 15.2. The van der Waals surface area contributed by atoms with E-state index in [1.54, 1.807) is 0 Å². The van der Waals surface area contributed by atoms with Gasteiger partial charge in [-0.3, -0.25) is 19.3 Å². The molecule has 0 fully saturated rings. The van der Waals surface area contributed by atoms with E-state index in [9.17, 15) is 14.4 Å². The first-order chi connectivity index (χ1) is 7.54. The third kappa shape index (κ3) is 3.34. The fourth-order valence-corrected chi connectivity index (χ4v) is 1.48. The predicted octanol–water partition coefficient (Wildman–Crippen LogP) is 0.0918. The summed E-state index contributed by atoms with van der Waals surface area (Å²) in [5, 5.41) is 2.50. The second-order valence-electron chi connectivity index (χ2n) is 3.08. The van der Waals surface area contributed by atoms with Crippen molar-refractivity contribution in [1.82, 2.24) is 10.2 Å². The summed E-state index contributed by atoms with van der Waals surface area (Å²) in [5.41, 5.74) is 0. The fraction of sp³-hybridized carbons (Fsp3) is 0.444. The topological polar surface area (TPSA) is 75.7 Å². The van der Waals surface area contributed by atoms with Gasteiger partial charge in [-0.05, 0) is 15.9 Å². The zero-order valence-corrected chi connectivity index (χ0v) is 10.2. The number of methoxy groups -OCH3 is 1. The van der Waals surface area contributed by atoms with E-state index in [0.29, 0.717) is 0 Å². The number of esters is 1. The van der Waals surface area contributed by atoms with Crippen LogP contribution in [0.3, 0.4) is 0 Å². The highest BCUT2D eigenvalue weighted by atomic mass is 79.9. The van der Waals surface area contributed by atoms with Crippen molar-refractivity contribution in [3.8, 4) is 0 Å². The Morgan fingerprint density at radius 2 is 2.25 bits per heavy atom. The highest BCUT2D eigenvalue weighted by molar-refractivity contribution is 9.12. The van der Waals surface area contributed by atoms with Gasteiger partial charge in [-0.15, -0.1) is 0 Å². The van der Waals surface area contributed by atoms with Crippen LogP contribution in [0.4, 0.5) is 0 Å². The summed E-state index contributed by atoms with van der Waals surface area (Å²) >= 11 is 3.02. The first-order valence-corrected chi connectivity index (χ1v) is 5.35. The SMILES string of the molecule is COC(=O)CCC(=O)N1C=C(Br)C(=O)NC1. The molecule has 0 aromatic rings. The summed E-state index contributed by atoms with van der Waals surface area (Å²) in [5.74, 6) is -0.947. The summed E-state index contributed by atoms with van der Waals surface area (Å²) in [6.45, 7) is 0.119. The van der Waals surface area contributed by atoms with E-state index in [1.807, 2.05) is 0 Å². The summed E-state index contributed by atoms with van der Waals surface area (Å²) in [6, 6.07) is 0. The van der Waals surface area contributed by atoms with E-state index in [-0.39, 0.29) is 35.8 Å². The molecular formula is C9H11BrN2O4. The zero-order chi connectivity index (χ0) is 12.1. The lowest BCUT2D eigenvalue weighted by Gasteiger charge is -2.23. The van der Waals surface area contributed by atoms with Crippen LogP contribution >= 0.6 is 15.9 Å². The number of nitrogens with zero attached hydrogens (tertiary/aromatic N) is 1. The quantitative estimate of drug-likeness (QED) is 0.748. The van der Waals surface area contributed by atoms with Crippen LogP contribution in [-0.2, 0) is 19.1 Å². The van der Waals surface area contributed by atoms with Crippen molar-refractivity contribution in [2.45, 2.75) is 12.8 Å². The molecule has 0 saturated carbocycles. The van der Waals surface area contributed by atoms with Gasteiger partial charge in [-0.25, -0.2) is 0 Å². The molecule has 1 rings (SSSR count). The van der Waals surface area contributed by atoms with Gasteiger partial charge in [0.25, 0.3) is 5.91 Å². The van der Waals surface area contributed by atoms with Gasteiger partial charge in [0.2, 0.25) is 5.91 Å². The third-order valence-corrected chi connectivity index (χ3v) is 2.55. The molecule has 0 spiro atoms. The largest absolute Gasteiger partial charge is 0.469 e. The highest BCUT2D eigenvalue weighted by Crippen LogP contribution is 2.12. The first kappa shape index (κ1) is 12.7. The minimum absolute atomic E-state index is 0.0330. The van der Waals surface area contributed by atoms with Crippen molar-refractivity contribution in [2.24, 2.45) is 0 Å². The molecule has 1 N–H and O–H groups in total. The third-order valence-electron chi connectivity index (χ3n) is 1.99. The molecule has 16 heavy (non-hydrogen) atoms. The second-order valence-corrected chi connectivity index (χ2v) is 3.94. The fourth-order valence-electron chi connectivity index (χ4n) is 1.10. The summed E-state index contributed by atoms with van der Waals surface area (Å²) < 4.78 is 4.70. The van der Waals surface area contributed by atoms with Crippen molar-refractivity contribution >= 4 is 33.7 Å². The average molecular weight is 291 g/mol. The maximum Gasteiger partial charge on any atom is 0.306 e. The van der Waals surface area contributed by atoms with E-state index in [1.165, 1.54) is 18.2 Å². The van der Waals surface area contributed by atoms with Crippen molar-refractivity contribution in [2.75, 3.05) is 13.8 Å².